The number of amides is 2. The van der Waals surface area contributed by atoms with Crippen LogP contribution < -0.4 is 5.32 Å². The molecule has 1 saturated heterocycles. The molecule has 0 spiro atoms. The summed E-state index contributed by atoms with van der Waals surface area (Å²) in [5.41, 5.74) is 0. The molecule has 0 aromatic heterocycles. The van der Waals surface area contributed by atoms with E-state index in [4.69, 9.17) is 14.7 Å². The third-order valence-corrected chi connectivity index (χ3v) is 4.42. The molecule has 0 aromatic rings. The molecule has 7 nitrogen and oxygen atoms in total. The molecule has 7 heteroatoms. The average Bonchev–Trinajstić information content (AvgIpc) is 2.60. The fourth-order valence-electron chi connectivity index (χ4n) is 3.12. The summed E-state index contributed by atoms with van der Waals surface area (Å²) in [6.45, 7) is 1.87. The Morgan fingerprint density at radius 2 is 1.96 bits per heavy atom. The molecule has 1 saturated carbocycles. The zero-order valence-electron chi connectivity index (χ0n) is 13.5. The van der Waals surface area contributed by atoms with Gasteiger partial charge < -0.3 is 19.7 Å². The Hall–Kier alpha value is -1.81. The highest BCUT2D eigenvalue weighted by molar-refractivity contribution is 5.83. The molecule has 23 heavy (non-hydrogen) atoms. The first-order valence-electron chi connectivity index (χ1n) is 8.38. The molecule has 1 aliphatic carbocycles. The van der Waals surface area contributed by atoms with Crippen LogP contribution in [0.15, 0.2) is 0 Å². The average molecular weight is 323 g/mol. The third kappa shape index (κ3) is 5.71. The summed E-state index contributed by atoms with van der Waals surface area (Å²) in [4.78, 5) is 26.0. The number of morpholine rings is 1. The Labute approximate surface area is 136 Å². The minimum Gasteiger partial charge on any atom is -0.436 e. The van der Waals surface area contributed by atoms with Crippen molar-refractivity contribution in [3.05, 3.63) is 0 Å². The van der Waals surface area contributed by atoms with Crippen LogP contribution in [0, 0.1) is 17.2 Å². The summed E-state index contributed by atoms with van der Waals surface area (Å²) in [6.07, 6.45) is 4.93. The molecule has 0 aromatic carbocycles. The SMILES string of the molecule is N#CCNC(=O)[C@H](CC1CCCCC1)OC(=O)N1CCOCC1. The van der Waals surface area contributed by atoms with E-state index < -0.39 is 12.2 Å². The Balaban J connectivity index is 1.92. The van der Waals surface area contributed by atoms with E-state index in [9.17, 15) is 9.59 Å². The smallest absolute Gasteiger partial charge is 0.410 e. The predicted molar refractivity (Wildman–Crippen MR) is 82.5 cm³/mol. The number of carbonyl (C=O) groups is 2. The van der Waals surface area contributed by atoms with Gasteiger partial charge in [-0.25, -0.2) is 4.79 Å². The van der Waals surface area contributed by atoms with Crippen LogP contribution in [0.25, 0.3) is 0 Å². The quantitative estimate of drug-likeness (QED) is 0.773. The van der Waals surface area contributed by atoms with Crippen LogP contribution in [-0.2, 0) is 14.3 Å². The van der Waals surface area contributed by atoms with Gasteiger partial charge in [-0.05, 0) is 12.3 Å². The van der Waals surface area contributed by atoms with Gasteiger partial charge in [0.25, 0.3) is 5.91 Å². The van der Waals surface area contributed by atoms with E-state index in [1.165, 1.54) is 6.42 Å². The fraction of sp³-hybridized carbons (Fsp3) is 0.812. The first-order chi connectivity index (χ1) is 11.2. The molecule has 2 fully saturated rings. The highest BCUT2D eigenvalue weighted by atomic mass is 16.6. The molecular formula is C16H25N3O4. The van der Waals surface area contributed by atoms with Crippen LogP contribution in [0.3, 0.4) is 0 Å². The summed E-state index contributed by atoms with van der Waals surface area (Å²) < 4.78 is 10.7. The Kier molecular flexibility index (Phi) is 7.14. The van der Waals surface area contributed by atoms with Crippen LogP contribution in [0.2, 0.25) is 0 Å². The van der Waals surface area contributed by atoms with Gasteiger partial charge in [-0.1, -0.05) is 32.1 Å². The number of nitrogens with zero attached hydrogens (tertiary/aromatic N) is 2. The molecule has 2 rings (SSSR count). The lowest BCUT2D eigenvalue weighted by Crippen LogP contribution is -2.46. The number of nitriles is 1. The number of rotatable bonds is 5. The maximum Gasteiger partial charge on any atom is 0.410 e. The Morgan fingerprint density at radius 3 is 2.61 bits per heavy atom. The normalized spacial score (nSPS) is 20.4. The van der Waals surface area contributed by atoms with E-state index in [0.29, 0.717) is 38.6 Å². The van der Waals surface area contributed by atoms with Gasteiger partial charge in [0, 0.05) is 13.1 Å². The summed E-state index contributed by atoms with van der Waals surface area (Å²) in [5, 5.41) is 11.1. The first-order valence-corrected chi connectivity index (χ1v) is 8.38. The molecule has 1 atom stereocenters. The number of nitrogens with one attached hydrogen (secondary N) is 1. The second-order valence-electron chi connectivity index (χ2n) is 6.09. The standard InChI is InChI=1S/C16H25N3O4/c17-6-7-18-15(20)14(12-13-4-2-1-3-5-13)23-16(21)19-8-10-22-11-9-19/h13-14H,1-5,7-12H2,(H,18,20)/t14-/m0/s1. The van der Waals surface area contributed by atoms with Gasteiger partial charge in [0.2, 0.25) is 0 Å². The van der Waals surface area contributed by atoms with Crippen molar-refractivity contribution in [2.75, 3.05) is 32.8 Å². The highest BCUT2D eigenvalue weighted by Crippen LogP contribution is 2.28. The summed E-state index contributed by atoms with van der Waals surface area (Å²) in [5.74, 6) is 0.0257. The predicted octanol–water partition coefficient (Wildman–Crippen LogP) is 1.43. The van der Waals surface area contributed by atoms with Gasteiger partial charge in [-0.15, -0.1) is 0 Å². The van der Waals surface area contributed by atoms with Gasteiger partial charge in [0.15, 0.2) is 6.10 Å². The van der Waals surface area contributed by atoms with E-state index >= 15 is 0 Å². The lowest BCUT2D eigenvalue weighted by molar-refractivity contribution is -0.131. The van der Waals surface area contributed by atoms with Gasteiger partial charge in [-0.3, -0.25) is 4.79 Å². The number of ether oxygens (including phenoxy) is 2. The van der Waals surface area contributed by atoms with Crippen molar-refractivity contribution in [3.63, 3.8) is 0 Å². The summed E-state index contributed by atoms with van der Waals surface area (Å²) in [7, 11) is 0. The fourth-order valence-corrected chi connectivity index (χ4v) is 3.12. The highest BCUT2D eigenvalue weighted by Gasteiger charge is 2.29. The van der Waals surface area contributed by atoms with Crippen molar-refractivity contribution < 1.29 is 19.1 Å². The minimum atomic E-state index is -0.818. The third-order valence-electron chi connectivity index (χ3n) is 4.42. The van der Waals surface area contributed by atoms with Crippen LogP contribution in [-0.4, -0.2) is 55.9 Å². The summed E-state index contributed by atoms with van der Waals surface area (Å²) in [6, 6.07) is 1.87. The second-order valence-corrected chi connectivity index (χ2v) is 6.09. The molecule has 1 heterocycles. The van der Waals surface area contributed by atoms with Crippen LogP contribution in [0.1, 0.15) is 38.5 Å². The Bertz CT molecular complexity index is 437. The van der Waals surface area contributed by atoms with Crippen LogP contribution in [0.4, 0.5) is 4.79 Å². The molecule has 128 valence electrons. The lowest BCUT2D eigenvalue weighted by atomic mass is 9.85. The zero-order chi connectivity index (χ0) is 16.5. The van der Waals surface area contributed by atoms with E-state index in [-0.39, 0.29) is 12.5 Å². The maximum absolute atomic E-state index is 12.2. The van der Waals surface area contributed by atoms with Gasteiger partial charge in [0.05, 0.1) is 19.3 Å². The Morgan fingerprint density at radius 1 is 1.26 bits per heavy atom. The van der Waals surface area contributed by atoms with Crippen molar-refractivity contribution in [2.45, 2.75) is 44.6 Å². The van der Waals surface area contributed by atoms with Crippen LogP contribution in [0.5, 0.6) is 0 Å². The van der Waals surface area contributed by atoms with Crippen LogP contribution >= 0.6 is 0 Å². The minimum absolute atomic E-state index is 0.0743. The number of carbonyl (C=O) groups excluding carboxylic acids is 2. The van der Waals surface area contributed by atoms with Gasteiger partial charge >= 0.3 is 6.09 Å². The number of hydrogen-bond acceptors (Lipinski definition) is 5. The molecule has 0 bridgehead atoms. The molecule has 1 aliphatic heterocycles. The first kappa shape index (κ1) is 17.5. The zero-order valence-corrected chi connectivity index (χ0v) is 13.5. The topological polar surface area (TPSA) is 91.7 Å². The molecule has 2 aliphatic rings. The lowest BCUT2D eigenvalue weighted by Gasteiger charge is -2.30. The van der Waals surface area contributed by atoms with Gasteiger partial charge in [-0.2, -0.15) is 5.26 Å². The van der Waals surface area contributed by atoms with Crippen molar-refractivity contribution in [1.29, 1.82) is 5.26 Å². The molecule has 2 amide bonds. The van der Waals surface area contributed by atoms with E-state index in [0.717, 1.165) is 25.7 Å². The van der Waals surface area contributed by atoms with Crippen molar-refractivity contribution in [3.8, 4) is 6.07 Å². The molecule has 0 radical (unpaired) electrons. The van der Waals surface area contributed by atoms with E-state index in [2.05, 4.69) is 5.32 Å². The number of hydrogen-bond donors (Lipinski definition) is 1. The van der Waals surface area contributed by atoms with E-state index in [1.807, 2.05) is 6.07 Å². The molecular weight excluding hydrogens is 298 g/mol. The molecule has 1 N–H and O–H groups in total. The van der Waals surface area contributed by atoms with Crippen molar-refractivity contribution in [1.82, 2.24) is 10.2 Å². The molecule has 0 unspecified atom stereocenters. The summed E-state index contributed by atoms with van der Waals surface area (Å²) >= 11 is 0. The monoisotopic (exact) mass is 323 g/mol. The van der Waals surface area contributed by atoms with Gasteiger partial charge in [0.1, 0.15) is 6.54 Å². The van der Waals surface area contributed by atoms with Crippen molar-refractivity contribution >= 4 is 12.0 Å². The van der Waals surface area contributed by atoms with Crippen molar-refractivity contribution in [2.24, 2.45) is 5.92 Å². The second kappa shape index (κ2) is 9.36. The maximum atomic E-state index is 12.2. The van der Waals surface area contributed by atoms with E-state index in [1.54, 1.807) is 4.90 Å². The largest absolute Gasteiger partial charge is 0.436 e.